The average Bonchev–Trinajstić information content (AvgIpc) is 2.99. The summed E-state index contributed by atoms with van der Waals surface area (Å²) in [7, 11) is 0. The highest BCUT2D eigenvalue weighted by atomic mass is 127. The predicted molar refractivity (Wildman–Crippen MR) is 89.3 cm³/mol. The second-order valence-electron chi connectivity index (χ2n) is 4.52. The van der Waals surface area contributed by atoms with Gasteiger partial charge in [-0.2, -0.15) is 5.10 Å². The lowest BCUT2D eigenvalue weighted by molar-refractivity contribution is -0.109. The molecule has 1 aliphatic heterocycles. The maximum Gasteiger partial charge on any atom is 0.170 e. The van der Waals surface area contributed by atoms with E-state index < -0.39 is 6.17 Å². The van der Waals surface area contributed by atoms with Gasteiger partial charge in [0.2, 0.25) is 0 Å². The molecule has 2 heterocycles. The first-order chi connectivity index (χ1) is 10.7. The van der Waals surface area contributed by atoms with Crippen LogP contribution in [0.1, 0.15) is 5.56 Å². The number of hydrogen-bond donors (Lipinski definition) is 3. The molecule has 0 fully saturated rings. The van der Waals surface area contributed by atoms with Crippen LogP contribution in [0, 0.1) is 9.39 Å². The Hall–Kier alpha value is -2.23. The number of halogens is 2. The van der Waals surface area contributed by atoms with Gasteiger partial charge in [-0.3, -0.25) is 15.2 Å². The molecule has 22 heavy (non-hydrogen) atoms. The maximum atomic E-state index is 14.0. The van der Waals surface area contributed by atoms with Gasteiger partial charge >= 0.3 is 0 Å². The van der Waals surface area contributed by atoms with Gasteiger partial charge < -0.3 is 10.6 Å². The van der Waals surface area contributed by atoms with Crippen LogP contribution >= 0.6 is 22.6 Å². The van der Waals surface area contributed by atoms with Gasteiger partial charge in [0.25, 0.3) is 0 Å². The van der Waals surface area contributed by atoms with Crippen LogP contribution in [0.5, 0.6) is 0 Å². The predicted octanol–water partition coefficient (Wildman–Crippen LogP) is 1.95. The number of benzene rings is 1. The maximum absolute atomic E-state index is 14.0. The Morgan fingerprint density at radius 3 is 2.91 bits per heavy atom. The van der Waals surface area contributed by atoms with Crippen molar-refractivity contribution in [2.75, 3.05) is 5.32 Å². The summed E-state index contributed by atoms with van der Waals surface area (Å²) in [5.41, 5.74) is 4.26. The van der Waals surface area contributed by atoms with E-state index in [2.05, 4.69) is 26.1 Å². The quantitative estimate of drug-likeness (QED) is 0.530. The minimum Gasteiger partial charge on any atom is -0.351 e. The highest BCUT2D eigenvalue weighted by Gasteiger charge is 2.19. The molecular weight excluding hydrogens is 400 g/mol. The number of rotatable bonds is 4. The molecule has 0 saturated carbocycles. The van der Waals surface area contributed by atoms with Gasteiger partial charge in [0, 0.05) is 15.3 Å². The minimum absolute atomic E-state index is 0.341. The molecule has 1 aliphatic rings. The Balaban J connectivity index is 1.90. The van der Waals surface area contributed by atoms with E-state index in [1.54, 1.807) is 30.6 Å². The van der Waals surface area contributed by atoms with Gasteiger partial charge in [-0.25, -0.2) is 4.39 Å². The monoisotopic (exact) mass is 411 g/mol. The van der Waals surface area contributed by atoms with Gasteiger partial charge in [-0.15, -0.1) is 0 Å². The molecule has 0 radical (unpaired) electrons. The number of hydrogen-bond acceptors (Lipinski definition) is 6. The molecule has 3 N–H and O–H groups in total. The third kappa shape index (κ3) is 3.01. The molecule has 0 amide bonds. The van der Waals surface area contributed by atoms with E-state index >= 15 is 0 Å². The number of carbonyl (C=O) groups is 1. The molecule has 0 aliphatic carbocycles. The van der Waals surface area contributed by atoms with E-state index in [0.717, 1.165) is 3.57 Å². The highest BCUT2D eigenvalue weighted by Crippen LogP contribution is 2.24. The molecule has 2 aromatic rings. The zero-order valence-electron chi connectivity index (χ0n) is 11.2. The molecule has 3 rings (SSSR count). The molecule has 0 saturated heterocycles. The molecule has 1 aromatic heterocycles. The van der Waals surface area contributed by atoms with Crippen LogP contribution in [0.3, 0.4) is 0 Å². The molecule has 8 heteroatoms. The van der Waals surface area contributed by atoms with E-state index in [0.29, 0.717) is 29.1 Å². The average molecular weight is 411 g/mol. The normalized spacial score (nSPS) is 16.5. The van der Waals surface area contributed by atoms with Crippen molar-refractivity contribution in [1.82, 2.24) is 15.7 Å². The smallest absolute Gasteiger partial charge is 0.170 e. The number of hydrazone groups is 1. The molecule has 1 atom stereocenters. The fraction of sp³-hybridized carbons (Fsp3) is 0.0714. The van der Waals surface area contributed by atoms with Crippen LogP contribution in [0.4, 0.5) is 15.8 Å². The van der Waals surface area contributed by atoms with Crippen LogP contribution in [-0.4, -0.2) is 23.3 Å². The molecule has 112 valence electrons. The van der Waals surface area contributed by atoms with Gasteiger partial charge in [-0.1, -0.05) is 0 Å². The standard InChI is InChI=1S/C14H11FIN5O/c15-10-5-8(16)1-2-11(10)18-12-6-17-4-3-9(12)14-19-13(7-22)20-21-14/h1-7,13,18,20H,(H,19,21). The largest absolute Gasteiger partial charge is 0.351 e. The van der Waals surface area contributed by atoms with Crippen LogP contribution in [0.15, 0.2) is 41.8 Å². The number of anilines is 2. The van der Waals surface area contributed by atoms with E-state index in [1.165, 1.54) is 6.07 Å². The first kappa shape index (κ1) is 14.7. The fourth-order valence-corrected chi connectivity index (χ4v) is 2.44. The number of amidine groups is 1. The highest BCUT2D eigenvalue weighted by molar-refractivity contribution is 14.1. The lowest BCUT2D eigenvalue weighted by atomic mass is 10.2. The van der Waals surface area contributed by atoms with Crippen molar-refractivity contribution in [2.24, 2.45) is 5.10 Å². The van der Waals surface area contributed by atoms with Crippen LogP contribution in [-0.2, 0) is 4.79 Å². The summed E-state index contributed by atoms with van der Waals surface area (Å²) in [6, 6.07) is 6.63. The Bertz CT molecular complexity index is 752. The molecular formula is C14H11FIN5O. The first-order valence-electron chi connectivity index (χ1n) is 6.39. The minimum atomic E-state index is -0.564. The number of nitrogens with zero attached hydrogens (tertiary/aromatic N) is 2. The van der Waals surface area contributed by atoms with Crippen molar-refractivity contribution in [3.63, 3.8) is 0 Å². The van der Waals surface area contributed by atoms with E-state index in [-0.39, 0.29) is 5.82 Å². The zero-order chi connectivity index (χ0) is 15.5. The summed E-state index contributed by atoms with van der Waals surface area (Å²) in [5.74, 6) is 0.139. The zero-order valence-corrected chi connectivity index (χ0v) is 13.3. The van der Waals surface area contributed by atoms with E-state index in [4.69, 9.17) is 0 Å². The number of nitrogens with one attached hydrogen (secondary N) is 3. The Morgan fingerprint density at radius 1 is 1.32 bits per heavy atom. The van der Waals surface area contributed by atoms with Gasteiger partial charge in [0.1, 0.15) is 5.82 Å². The molecule has 1 aromatic carbocycles. The number of aromatic nitrogens is 1. The SMILES string of the molecule is O=CC1NN=C(c2ccncc2Nc2ccc(I)cc2F)N1. The Labute approximate surface area is 139 Å². The topological polar surface area (TPSA) is 78.4 Å². The lowest BCUT2D eigenvalue weighted by Crippen LogP contribution is -2.36. The number of pyridine rings is 1. The number of carbonyl (C=O) groups excluding carboxylic acids is 1. The van der Waals surface area contributed by atoms with Crippen molar-refractivity contribution in [2.45, 2.75) is 6.17 Å². The summed E-state index contributed by atoms with van der Waals surface area (Å²) in [4.78, 5) is 14.8. The summed E-state index contributed by atoms with van der Waals surface area (Å²) < 4.78 is 14.8. The van der Waals surface area contributed by atoms with E-state index in [1.807, 2.05) is 22.6 Å². The third-order valence-corrected chi connectivity index (χ3v) is 3.69. The Morgan fingerprint density at radius 2 is 2.18 bits per heavy atom. The second-order valence-corrected chi connectivity index (χ2v) is 5.76. The summed E-state index contributed by atoms with van der Waals surface area (Å²) in [5, 5.41) is 9.97. The van der Waals surface area contributed by atoms with Gasteiger partial charge in [0.15, 0.2) is 18.3 Å². The molecule has 6 nitrogen and oxygen atoms in total. The summed E-state index contributed by atoms with van der Waals surface area (Å²) in [6.45, 7) is 0. The third-order valence-electron chi connectivity index (χ3n) is 3.02. The van der Waals surface area contributed by atoms with Crippen molar-refractivity contribution in [1.29, 1.82) is 0 Å². The first-order valence-corrected chi connectivity index (χ1v) is 7.47. The summed E-state index contributed by atoms with van der Waals surface area (Å²) in [6.07, 6.45) is 3.32. The molecule has 0 spiro atoms. The van der Waals surface area contributed by atoms with E-state index in [9.17, 15) is 9.18 Å². The Kier molecular flexibility index (Phi) is 4.18. The molecule has 1 unspecified atom stereocenters. The van der Waals surface area contributed by atoms with Crippen LogP contribution < -0.4 is 16.1 Å². The van der Waals surface area contributed by atoms with Gasteiger partial charge in [-0.05, 0) is 46.9 Å². The van der Waals surface area contributed by atoms with Crippen molar-refractivity contribution >= 4 is 46.1 Å². The van der Waals surface area contributed by atoms with Crippen molar-refractivity contribution < 1.29 is 9.18 Å². The van der Waals surface area contributed by atoms with Crippen molar-refractivity contribution in [3.05, 3.63) is 51.6 Å². The summed E-state index contributed by atoms with van der Waals surface area (Å²) >= 11 is 2.05. The lowest BCUT2D eigenvalue weighted by Gasteiger charge is -2.12. The van der Waals surface area contributed by atoms with Gasteiger partial charge in [0.05, 0.1) is 17.6 Å². The van der Waals surface area contributed by atoms with Crippen molar-refractivity contribution in [3.8, 4) is 0 Å². The second kappa shape index (κ2) is 6.26. The van der Waals surface area contributed by atoms with Crippen LogP contribution in [0.2, 0.25) is 0 Å². The molecule has 0 bridgehead atoms. The fourth-order valence-electron chi connectivity index (χ4n) is 1.98. The van der Waals surface area contributed by atoms with Crippen LogP contribution in [0.25, 0.3) is 0 Å². The number of aldehydes is 1.